The number of furan rings is 2. The molecule has 6 heteroatoms. The second-order valence-corrected chi connectivity index (χ2v) is 15.0. The number of aromatic nitrogens is 1. The van der Waals surface area contributed by atoms with Crippen molar-refractivity contribution in [1.29, 1.82) is 0 Å². The van der Waals surface area contributed by atoms with Crippen molar-refractivity contribution in [3.05, 3.63) is 192 Å². The van der Waals surface area contributed by atoms with Crippen molar-refractivity contribution in [2.75, 3.05) is 0 Å². The number of aliphatic imine (C=N–C) groups is 1. The van der Waals surface area contributed by atoms with E-state index in [1.54, 1.807) is 0 Å². The molecule has 0 fully saturated rings. The first kappa shape index (κ1) is 32.1. The number of para-hydroxylation sites is 4. The molecule has 1 aliphatic carbocycles. The van der Waals surface area contributed by atoms with E-state index in [1.165, 1.54) is 22.2 Å². The van der Waals surface area contributed by atoms with Crippen LogP contribution in [0, 0.1) is 0 Å². The second-order valence-electron chi connectivity index (χ2n) is 15.0. The fraction of sp³-hybridized carbons (Fsp3) is 0.0784. The van der Waals surface area contributed by atoms with E-state index in [0.29, 0.717) is 0 Å². The number of fused-ring (bicyclic) bond motifs is 9. The smallest absolute Gasteiger partial charge is 0.159 e. The largest absolute Gasteiger partial charge is 0.456 e. The Hall–Kier alpha value is -7.15. The molecule has 272 valence electrons. The summed E-state index contributed by atoms with van der Waals surface area (Å²) in [6, 6.07) is 55.3. The van der Waals surface area contributed by atoms with E-state index in [9.17, 15) is 0 Å². The van der Waals surface area contributed by atoms with Crippen LogP contribution in [-0.4, -0.2) is 10.4 Å². The number of benzene rings is 7. The highest BCUT2D eigenvalue weighted by molar-refractivity contribution is 6.13. The highest BCUT2D eigenvalue weighted by atomic mass is 16.3. The third-order valence-electron chi connectivity index (χ3n) is 11.8. The number of hydrogen-bond donors (Lipinski definition) is 2. The molecule has 0 bridgehead atoms. The van der Waals surface area contributed by atoms with E-state index >= 15 is 0 Å². The lowest BCUT2D eigenvalue weighted by Crippen LogP contribution is -2.45. The molecule has 6 nitrogen and oxygen atoms in total. The Morgan fingerprint density at radius 2 is 1.33 bits per heavy atom. The molecule has 2 unspecified atom stereocenters. The van der Waals surface area contributed by atoms with Gasteiger partial charge in [0.15, 0.2) is 5.58 Å². The third-order valence-corrected chi connectivity index (χ3v) is 11.8. The van der Waals surface area contributed by atoms with Crippen molar-refractivity contribution in [1.82, 2.24) is 15.2 Å². The molecule has 0 saturated carbocycles. The highest BCUT2D eigenvalue weighted by Gasteiger charge is 2.28. The minimum absolute atomic E-state index is 0.234. The molecule has 3 aromatic heterocycles. The van der Waals surface area contributed by atoms with Crippen molar-refractivity contribution in [3.63, 3.8) is 0 Å². The Kier molecular flexibility index (Phi) is 7.16. The van der Waals surface area contributed by atoms with Crippen molar-refractivity contribution in [2.24, 2.45) is 4.99 Å². The number of nitrogens with one attached hydrogen (secondary N) is 2. The molecule has 1 aliphatic heterocycles. The van der Waals surface area contributed by atoms with Gasteiger partial charge in [0.1, 0.15) is 34.9 Å². The van der Waals surface area contributed by atoms with Crippen LogP contribution in [-0.2, 0) is 6.42 Å². The fourth-order valence-electron chi connectivity index (χ4n) is 9.14. The lowest BCUT2D eigenvalue weighted by Gasteiger charge is -2.32. The SMILES string of the molecule is C1=Cc2c(c3ccccc3n2-c2cccc3c2oc2c(-c4ccc5c(c4)oc4c(C6NC(c7ccccc7)=NC(c7ccccc7)N6)cccc45)cccc23)CC1. The van der Waals surface area contributed by atoms with Crippen molar-refractivity contribution >= 4 is 66.7 Å². The third kappa shape index (κ3) is 5.04. The summed E-state index contributed by atoms with van der Waals surface area (Å²) in [5.41, 5.74) is 13.6. The molecule has 4 heterocycles. The van der Waals surface area contributed by atoms with Crippen LogP contribution < -0.4 is 10.6 Å². The molecule has 2 N–H and O–H groups in total. The summed E-state index contributed by atoms with van der Waals surface area (Å²) in [6.45, 7) is 0. The van der Waals surface area contributed by atoms with Gasteiger partial charge in [0.25, 0.3) is 0 Å². The van der Waals surface area contributed by atoms with E-state index in [2.05, 4.69) is 161 Å². The van der Waals surface area contributed by atoms with E-state index in [-0.39, 0.29) is 12.3 Å². The number of nitrogens with zero attached hydrogens (tertiary/aromatic N) is 2. The Morgan fingerprint density at radius 3 is 2.21 bits per heavy atom. The van der Waals surface area contributed by atoms with Gasteiger partial charge in [0, 0.05) is 49.3 Å². The molecule has 10 aromatic rings. The quantitative estimate of drug-likeness (QED) is 0.185. The maximum absolute atomic E-state index is 6.99. The normalized spacial score (nSPS) is 16.7. The topological polar surface area (TPSA) is 67.6 Å². The summed E-state index contributed by atoms with van der Waals surface area (Å²) in [5.74, 6) is 0.840. The Bertz CT molecular complexity index is 3260. The summed E-state index contributed by atoms with van der Waals surface area (Å²) in [7, 11) is 0. The maximum Gasteiger partial charge on any atom is 0.159 e. The summed E-state index contributed by atoms with van der Waals surface area (Å²) in [5, 5.41) is 13.1. The molecule has 7 aromatic carbocycles. The van der Waals surface area contributed by atoms with Crippen LogP contribution in [0.2, 0.25) is 0 Å². The molecular weight excluding hydrogens is 701 g/mol. The molecule has 0 amide bonds. The number of aryl methyl sites for hydroxylation is 1. The van der Waals surface area contributed by atoms with Gasteiger partial charge in [-0.1, -0.05) is 140 Å². The average Bonchev–Trinajstić information content (AvgIpc) is 3.96. The molecule has 0 saturated heterocycles. The van der Waals surface area contributed by atoms with E-state index in [4.69, 9.17) is 13.8 Å². The van der Waals surface area contributed by atoms with Crippen LogP contribution in [0.5, 0.6) is 0 Å². The van der Waals surface area contributed by atoms with Crippen molar-refractivity contribution < 1.29 is 8.83 Å². The monoisotopic (exact) mass is 736 g/mol. The van der Waals surface area contributed by atoms with Gasteiger partial charge in [-0.25, -0.2) is 4.99 Å². The van der Waals surface area contributed by atoms with Crippen LogP contribution in [0.4, 0.5) is 0 Å². The van der Waals surface area contributed by atoms with E-state index in [0.717, 1.165) is 96.1 Å². The first-order chi connectivity index (χ1) is 28.3. The molecule has 2 aliphatic rings. The van der Waals surface area contributed by atoms with Gasteiger partial charge in [-0.2, -0.15) is 0 Å². The minimum Gasteiger partial charge on any atom is -0.456 e. The standard InChI is InChI=1S/C51H36N4O2/c1-3-14-31(15-4-1)49-52-50(32-16-5-2-6-17-32)54-51(53-49)41-24-12-21-38-37-29-28-33(30-45(37)56-47(38)41)34-20-11-22-39-40-23-13-27-44(48(40)57-46(34)39)55-42-25-9-7-18-35(42)36-19-8-10-26-43(36)55/h1-7,9-18,20-30,49,51,53H,8,19H2,(H,52,54). The Balaban J connectivity index is 0.975. The van der Waals surface area contributed by atoms with Crippen LogP contribution in [0.1, 0.15) is 46.7 Å². The first-order valence-electron chi connectivity index (χ1n) is 19.7. The zero-order valence-electron chi connectivity index (χ0n) is 30.9. The number of amidine groups is 1. The number of hydrogen-bond acceptors (Lipinski definition) is 5. The van der Waals surface area contributed by atoms with Gasteiger partial charge in [-0.05, 0) is 59.9 Å². The van der Waals surface area contributed by atoms with Gasteiger partial charge >= 0.3 is 0 Å². The van der Waals surface area contributed by atoms with E-state index in [1.807, 2.05) is 24.3 Å². The lowest BCUT2D eigenvalue weighted by molar-refractivity contribution is 0.408. The summed E-state index contributed by atoms with van der Waals surface area (Å²) >= 11 is 0. The lowest BCUT2D eigenvalue weighted by atomic mass is 10.00. The van der Waals surface area contributed by atoms with Gasteiger partial charge in [0.2, 0.25) is 0 Å². The maximum atomic E-state index is 6.99. The molecule has 57 heavy (non-hydrogen) atoms. The van der Waals surface area contributed by atoms with Gasteiger partial charge in [-0.3, -0.25) is 5.32 Å². The Labute approximate surface area is 328 Å². The van der Waals surface area contributed by atoms with Gasteiger partial charge in [-0.15, -0.1) is 0 Å². The highest BCUT2D eigenvalue weighted by Crippen LogP contribution is 2.43. The zero-order chi connectivity index (χ0) is 37.5. The Morgan fingerprint density at radius 1 is 0.596 bits per heavy atom. The van der Waals surface area contributed by atoms with Crippen LogP contribution in [0.15, 0.2) is 178 Å². The van der Waals surface area contributed by atoms with Crippen LogP contribution in [0.3, 0.4) is 0 Å². The predicted octanol–water partition coefficient (Wildman–Crippen LogP) is 12.4. The number of allylic oxidation sites excluding steroid dienone is 1. The summed E-state index contributed by atoms with van der Waals surface area (Å²) < 4.78 is 16.2. The van der Waals surface area contributed by atoms with Crippen LogP contribution in [0.25, 0.3) is 77.7 Å². The molecular formula is C51H36N4O2. The predicted molar refractivity (Wildman–Crippen MR) is 232 cm³/mol. The van der Waals surface area contributed by atoms with Crippen molar-refractivity contribution in [3.8, 4) is 16.8 Å². The molecule has 12 rings (SSSR count). The molecule has 0 radical (unpaired) electrons. The summed E-state index contributed by atoms with van der Waals surface area (Å²) in [4.78, 5) is 5.11. The molecule has 2 atom stereocenters. The fourth-order valence-corrected chi connectivity index (χ4v) is 9.14. The first-order valence-corrected chi connectivity index (χ1v) is 19.7. The molecule has 0 spiro atoms. The second kappa shape index (κ2) is 12.7. The van der Waals surface area contributed by atoms with Crippen molar-refractivity contribution in [2.45, 2.75) is 25.2 Å². The average molecular weight is 737 g/mol. The van der Waals surface area contributed by atoms with Crippen LogP contribution >= 0.6 is 0 Å². The zero-order valence-corrected chi connectivity index (χ0v) is 30.9. The van der Waals surface area contributed by atoms with Gasteiger partial charge < -0.3 is 18.7 Å². The minimum atomic E-state index is -0.247. The van der Waals surface area contributed by atoms with E-state index < -0.39 is 0 Å². The number of rotatable bonds is 5. The van der Waals surface area contributed by atoms with Gasteiger partial charge in [0.05, 0.1) is 11.2 Å². The summed E-state index contributed by atoms with van der Waals surface area (Å²) in [6.07, 6.45) is 6.17.